The van der Waals surface area contributed by atoms with Crippen LogP contribution in [0, 0.1) is 0 Å². The van der Waals surface area contributed by atoms with Gasteiger partial charge in [-0.3, -0.25) is 4.79 Å². The van der Waals surface area contributed by atoms with Crippen LogP contribution in [0.15, 0.2) is 18.2 Å². The van der Waals surface area contributed by atoms with Gasteiger partial charge < -0.3 is 5.32 Å². The Bertz CT molecular complexity index is 645. The minimum Gasteiger partial charge on any atom is -0.319 e. The highest BCUT2D eigenvalue weighted by molar-refractivity contribution is 6.35. The molecule has 1 N–H and O–H groups in total. The van der Waals surface area contributed by atoms with Gasteiger partial charge >= 0.3 is 29.9 Å². The first-order valence-corrected chi connectivity index (χ1v) is 6.28. The molecule has 0 saturated heterocycles. The molecule has 0 radical (unpaired) electrons. The van der Waals surface area contributed by atoms with Crippen LogP contribution in [0.1, 0.15) is 0 Å². The summed E-state index contributed by atoms with van der Waals surface area (Å²) < 4.78 is 114. The minimum absolute atomic E-state index is 0.217. The smallest absolute Gasteiger partial charge is 0.319 e. The van der Waals surface area contributed by atoms with Gasteiger partial charge in [-0.15, -0.1) is 0 Å². The molecular weight excluding hydrogens is 404 g/mol. The maximum Gasteiger partial charge on any atom is 0.460 e. The summed E-state index contributed by atoms with van der Waals surface area (Å²) in [7, 11) is 0. The number of carbonyl (C=O) groups excluding carboxylic acids is 1. The molecule has 0 unspecified atom stereocenters. The number of rotatable bonds is 4. The van der Waals surface area contributed by atoms with E-state index in [1.807, 2.05) is 0 Å². The van der Waals surface area contributed by atoms with Crippen molar-refractivity contribution in [2.75, 3.05) is 5.32 Å². The Labute approximate surface area is 137 Å². The Morgan fingerprint density at radius 1 is 0.875 bits per heavy atom. The normalized spacial score (nSPS) is 13.8. The first-order chi connectivity index (χ1) is 10.6. The van der Waals surface area contributed by atoms with E-state index in [0.29, 0.717) is 6.07 Å². The van der Waals surface area contributed by atoms with Crippen LogP contribution in [-0.2, 0) is 4.79 Å². The summed E-state index contributed by atoms with van der Waals surface area (Å²) in [5.41, 5.74) is -0.792. The number of halogens is 11. The number of nitrogens with one attached hydrogen (secondary N) is 1. The molecule has 2 nitrogen and oxygen atoms in total. The number of benzene rings is 1. The zero-order chi connectivity index (χ0) is 19.1. The summed E-state index contributed by atoms with van der Waals surface area (Å²) in [6.45, 7) is 0. The summed E-state index contributed by atoms with van der Waals surface area (Å²) in [5, 5.41) is 0.313. The van der Waals surface area contributed by atoms with E-state index in [0.717, 1.165) is 17.4 Å². The molecule has 136 valence electrons. The lowest BCUT2D eigenvalue weighted by Crippen LogP contribution is -2.64. The fourth-order valence-corrected chi connectivity index (χ4v) is 1.65. The fourth-order valence-electron chi connectivity index (χ4n) is 1.31. The summed E-state index contributed by atoms with van der Waals surface area (Å²) in [6.07, 6.45) is -7.02. The lowest BCUT2D eigenvalue weighted by atomic mass is 10.0. The Balaban J connectivity index is 3.23. The molecule has 0 aromatic heterocycles. The molecule has 0 atom stereocenters. The zero-order valence-corrected chi connectivity index (χ0v) is 12.3. The molecule has 0 fully saturated rings. The molecule has 0 saturated carbocycles. The van der Waals surface area contributed by atoms with Crippen LogP contribution in [-0.4, -0.2) is 29.9 Å². The van der Waals surface area contributed by atoms with E-state index in [1.54, 1.807) is 0 Å². The average molecular weight is 408 g/mol. The lowest BCUT2D eigenvalue weighted by Gasteiger charge is -2.32. The van der Waals surface area contributed by atoms with Gasteiger partial charge in [0, 0.05) is 5.02 Å². The van der Waals surface area contributed by atoms with Crippen molar-refractivity contribution in [1.82, 2.24) is 0 Å². The van der Waals surface area contributed by atoms with E-state index in [9.17, 15) is 44.3 Å². The highest BCUT2D eigenvalue weighted by Crippen LogP contribution is 2.53. The van der Waals surface area contributed by atoms with Crippen molar-refractivity contribution in [3.8, 4) is 0 Å². The average Bonchev–Trinajstić information content (AvgIpc) is 2.41. The van der Waals surface area contributed by atoms with Crippen LogP contribution < -0.4 is 5.32 Å². The Kier molecular flexibility index (Phi) is 5.32. The van der Waals surface area contributed by atoms with E-state index in [4.69, 9.17) is 23.2 Å². The second-order valence-corrected chi connectivity index (χ2v) is 5.14. The number of hydrogen-bond donors (Lipinski definition) is 1. The third-order valence-electron chi connectivity index (χ3n) is 2.61. The van der Waals surface area contributed by atoms with Crippen molar-refractivity contribution in [3.05, 3.63) is 28.2 Å². The van der Waals surface area contributed by atoms with Crippen LogP contribution >= 0.6 is 23.2 Å². The first kappa shape index (κ1) is 20.7. The van der Waals surface area contributed by atoms with Crippen LogP contribution in [0.5, 0.6) is 0 Å². The maximum atomic E-state index is 13.3. The molecule has 1 aromatic rings. The van der Waals surface area contributed by atoms with Crippen LogP contribution in [0.4, 0.5) is 45.2 Å². The van der Waals surface area contributed by atoms with E-state index < -0.39 is 40.6 Å². The van der Waals surface area contributed by atoms with Crippen molar-refractivity contribution < 1.29 is 44.3 Å². The van der Waals surface area contributed by atoms with Gasteiger partial charge in [0.2, 0.25) is 0 Å². The van der Waals surface area contributed by atoms with Gasteiger partial charge in [-0.2, -0.15) is 39.5 Å². The monoisotopic (exact) mass is 407 g/mol. The highest BCUT2D eigenvalue weighted by Gasteiger charge is 2.83. The molecule has 0 spiro atoms. The fraction of sp³-hybridized carbons (Fsp3) is 0.364. The van der Waals surface area contributed by atoms with Gasteiger partial charge in [-0.05, 0) is 18.2 Å². The number of anilines is 1. The lowest BCUT2D eigenvalue weighted by molar-refractivity contribution is -0.388. The molecule has 1 rings (SSSR count). The zero-order valence-electron chi connectivity index (χ0n) is 10.8. The standard InChI is InChI=1S/C11H4Cl2F9NO/c12-4-1-2-5(13)6(3-4)23-7(24)8(14,15)9(16,17)10(18,19)11(20,21)22/h1-3H,(H,23,24). The third kappa shape index (κ3) is 3.37. The predicted molar refractivity (Wildman–Crippen MR) is 66.0 cm³/mol. The second-order valence-electron chi connectivity index (χ2n) is 4.30. The first-order valence-electron chi connectivity index (χ1n) is 5.52. The van der Waals surface area contributed by atoms with Gasteiger partial charge in [0.1, 0.15) is 0 Å². The number of amides is 1. The van der Waals surface area contributed by atoms with E-state index in [-0.39, 0.29) is 5.02 Å². The molecule has 1 amide bonds. The molecule has 0 heterocycles. The maximum absolute atomic E-state index is 13.3. The summed E-state index contributed by atoms with van der Waals surface area (Å²) in [4.78, 5) is 11.2. The van der Waals surface area contributed by atoms with Crippen molar-refractivity contribution in [3.63, 3.8) is 0 Å². The van der Waals surface area contributed by atoms with Crippen LogP contribution in [0.3, 0.4) is 0 Å². The molecule has 24 heavy (non-hydrogen) atoms. The van der Waals surface area contributed by atoms with Crippen molar-refractivity contribution >= 4 is 34.8 Å². The molecule has 0 bridgehead atoms. The van der Waals surface area contributed by atoms with Crippen molar-refractivity contribution in [2.45, 2.75) is 23.9 Å². The molecule has 0 aliphatic rings. The highest BCUT2D eigenvalue weighted by atomic mass is 35.5. The summed E-state index contributed by atoms with van der Waals surface area (Å²) in [5.74, 6) is -23.8. The predicted octanol–water partition coefficient (Wildman–Crippen LogP) is 5.40. The van der Waals surface area contributed by atoms with E-state index >= 15 is 0 Å². The Morgan fingerprint density at radius 3 is 1.83 bits per heavy atom. The van der Waals surface area contributed by atoms with Gasteiger partial charge in [-0.25, -0.2) is 0 Å². The minimum atomic E-state index is -7.17. The van der Waals surface area contributed by atoms with Gasteiger partial charge in [0.15, 0.2) is 0 Å². The van der Waals surface area contributed by atoms with E-state index in [1.165, 1.54) is 0 Å². The number of carbonyl (C=O) groups is 1. The van der Waals surface area contributed by atoms with Crippen LogP contribution in [0.25, 0.3) is 0 Å². The third-order valence-corrected chi connectivity index (χ3v) is 3.17. The van der Waals surface area contributed by atoms with Gasteiger partial charge in [0.05, 0.1) is 10.7 Å². The molecule has 13 heteroatoms. The van der Waals surface area contributed by atoms with Gasteiger partial charge in [0.25, 0.3) is 0 Å². The summed E-state index contributed by atoms with van der Waals surface area (Å²) in [6, 6.07) is 2.72. The van der Waals surface area contributed by atoms with Crippen molar-refractivity contribution in [2.24, 2.45) is 0 Å². The van der Waals surface area contributed by atoms with E-state index in [2.05, 4.69) is 0 Å². The topological polar surface area (TPSA) is 29.1 Å². The molecule has 0 aliphatic heterocycles. The van der Waals surface area contributed by atoms with Gasteiger partial charge in [-0.1, -0.05) is 23.2 Å². The van der Waals surface area contributed by atoms with Crippen LogP contribution in [0.2, 0.25) is 10.0 Å². The molecule has 0 aliphatic carbocycles. The quantitative estimate of drug-likeness (QED) is 0.665. The Morgan fingerprint density at radius 2 is 1.38 bits per heavy atom. The largest absolute Gasteiger partial charge is 0.460 e. The van der Waals surface area contributed by atoms with Crippen molar-refractivity contribution in [1.29, 1.82) is 0 Å². The number of hydrogen-bond acceptors (Lipinski definition) is 1. The summed E-state index contributed by atoms with van der Waals surface area (Å²) >= 11 is 10.9. The Hall–Kier alpha value is -1.36. The SMILES string of the molecule is O=C(Nc1cc(Cl)ccc1Cl)C(F)(F)C(F)(F)C(F)(F)C(F)(F)F. The number of alkyl halides is 9. The second kappa shape index (κ2) is 6.17. The molecular formula is C11H4Cl2F9NO. The molecule has 1 aromatic carbocycles.